The van der Waals surface area contributed by atoms with Crippen LogP contribution >= 0.6 is 0 Å². The molecule has 0 bridgehead atoms. The van der Waals surface area contributed by atoms with Gasteiger partial charge in [0.25, 0.3) is 0 Å². The van der Waals surface area contributed by atoms with Gasteiger partial charge in [-0.3, -0.25) is 9.59 Å². The molecule has 1 heterocycles. The van der Waals surface area contributed by atoms with Gasteiger partial charge in [-0.15, -0.1) is 6.07 Å². The van der Waals surface area contributed by atoms with Crippen LogP contribution < -0.4 is 4.90 Å². The number of halogens is 3. The fourth-order valence-corrected chi connectivity index (χ4v) is 3.46. The first-order chi connectivity index (χ1) is 13.5. The van der Waals surface area contributed by atoms with E-state index < -0.39 is 34.6 Å². The first-order valence-corrected chi connectivity index (χ1v) is 9.11. The third-order valence-electron chi connectivity index (χ3n) is 5.09. The van der Waals surface area contributed by atoms with Gasteiger partial charge in [0.15, 0.2) is 0 Å². The van der Waals surface area contributed by atoms with Crippen molar-refractivity contribution < 1.29 is 59.0 Å². The quantitative estimate of drug-likeness (QED) is 0.388. The zero-order valence-electron chi connectivity index (χ0n) is 16.5. The van der Waals surface area contributed by atoms with E-state index in [2.05, 4.69) is 13.0 Å². The van der Waals surface area contributed by atoms with E-state index >= 15 is 0 Å². The number of carbonyl (C=O) groups excluding carboxylic acids is 2. The van der Waals surface area contributed by atoms with Gasteiger partial charge in [-0.25, -0.2) is 0 Å². The zero-order valence-corrected chi connectivity index (χ0v) is 20.7. The summed E-state index contributed by atoms with van der Waals surface area (Å²) in [6, 6.07) is 11.3. The standard InChI is InChI=1S/C22H20F3NO3.U/c1-13(2)10-11-26-17-7-5-4-6-16(17)21(3,20(26)29)14-8-9-18(27)15(12-14)19(28)22(23,24)25;/h4-7,9,12-13,27H,3,10-11H2,1-2H3;/q-2;+2/t21-;/m0./s1. The number of benzene rings is 2. The number of aromatic hydroxyl groups is 1. The second-order valence-corrected chi connectivity index (χ2v) is 7.53. The van der Waals surface area contributed by atoms with Gasteiger partial charge in [0.05, 0.1) is 0 Å². The van der Waals surface area contributed by atoms with Crippen LogP contribution in [-0.4, -0.2) is 29.5 Å². The summed E-state index contributed by atoms with van der Waals surface area (Å²) in [7, 11) is 0. The second kappa shape index (κ2) is 8.76. The molecule has 0 fully saturated rings. The molecule has 0 unspecified atom stereocenters. The van der Waals surface area contributed by atoms with E-state index in [0.29, 0.717) is 23.7 Å². The van der Waals surface area contributed by atoms with Gasteiger partial charge in [0.1, 0.15) is 0 Å². The van der Waals surface area contributed by atoms with E-state index in [1.807, 2.05) is 13.8 Å². The molecular weight excluding hydrogens is 621 g/mol. The minimum absolute atomic E-state index is 0. The smallest absolute Gasteiger partial charge is 0.565 e. The van der Waals surface area contributed by atoms with E-state index in [9.17, 15) is 27.9 Å². The van der Waals surface area contributed by atoms with Crippen LogP contribution in [0.2, 0.25) is 0 Å². The summed E-state index contributed by atoms with van der Waals surface area (Å²) in [6.45, 7) is 8.50. The van der Waals surface area contributed by atoms with Crippen molar-refractivity contribution in [2.45, 2.75) is 31.9 Å². The van der Waals surface area contributed by atoms with Gasteiger partial charge in [-0.05, 0) is 34.9 Å². The number of phenolic OH excluding ortho intramolecular Hbond substituents is 1. The molecule has 0 spiro atoms. The van der Waals surface area contributed by atoms with E-state index in [-0.39, 0.29) is 36.7 Å². The zero-order chi connectivity index (χ0) is 21.6. The first kappa shape index (κ1) is 24.5. The Labute approximate surface area is 196 Å². The minimum Gasteiger partial charge on any atom is -0.565 e. The molecule has 4 nitrogen and oxygen atoms in total. The number of alkyl halides is 3. The van der Waals surface area contributed by atoms with Crippen molar-refractivity contribution in [1.29, 1.82) is 0 Å². The molecule has 0 radical (unpaired) electrons. The average Bonchev–Trinajstić information content (AvgIpc) is 2.87. The predicted octanol–water partition coefficient (Wildman–Crippen LogP) is 4.45. The number of phenols is 1. The van der Waals surface area contributed by atoms with Crippen LogP contribution in [0.1, 0.15) is 41.8 Å². The van der Waals surface area contributed by atoms with Crippen molar-refractivity contribution in [1.82, 2.24) is 0 Å². The summed E-state index contributed by atoms with van der Waals surface area (Å²) in [6.07, 6.45) is -4.43. The number of fused-ring (bicyclic) bond motifs is 1. The number of carbonyl (C=O) groups is 2. The van der Waals surface area contributed by atoms with E-state index in [1.165, 1.54) is 0 Å². The fraction of sp³-hybridized carbons (Fsp3) is 0.318. The van der Waals surface area contributed by atoms with Gasteiger partial charge < -0.3 is 16.9 Å². The summed E-state index contributed by atoms with van der Waals surface area (Å²) >= 11 is 0. The van der Waals surface area contributed by atoms with Crippen molar-refractivity contribution >= 4 is 17.4 Å². The molecule has 3 rings (SSSR count). The number of hydrogen-bond donors (Lipinski definition) is 1. The molecule has 0 aliphatic carbocycles. The van der Waals surface area contributed by atoms with Crippen LogP contribution in [0.5, 0.6) is 5.75 Å². The van der Waals surface area contributed by atoms with E-state index in [0.717, 1.165) is 18.6 Å². The molecule has 156 valence electrons. The number of nitrogens with zero attached hydrogens (tertiary/aromatic N) is 1. The molecular formula is C22H20F3NO3U. The first-order valence-electron chi connectivity index (χ1n) is 9.11. The van der Waals surface area contributed by atoms with Gasteiger partial charge >= 0.3 is 37.3 Å². The second-order valence-electron chi connectivity index (χ2n) is 7.53. The molecule has 1 aliphatic heterocycles. The van der Waals surface area contributed by atoms with Crippen LogP contribution in [0.15, 0.2) is 36.4 Å². The Kier molecular flexibility index (Phi) is 7.15. The molecule has 0 aromatic heterocycles. The fourth-order valence-electron chi connectivity index (χ4n) is 3.46. The third-order valence-corrected chi connectivity index (χ3v) is 5.09. The molecule has 0 saturated heterocycles. The molecule has 2 aromatic carbocycles. The Morgan fingerprint density at radius 3 is 2.53 bits per heavy atom. The largest absolute Gasteiger partial charge is 2.00 e. The Balaban J connectivity index is 0.00000320. The molecule has 1 amide bonds. The topological polar surface area (TPSA) is 57.6 Å². The van der Waals surface area contributed by atoms with Crippen LogP contribution in [0.25, 0.3) is 0 Å². The Morgan fingerprint density at radius 1 is 1.30 bits per heavy atom. The summed E-state index contributed by atoms with van der Waals surface area (Å²) in [4.78, 5) is 26.6. The van der Waals surface area contributed by atoms with E-state index in [4.69, 9.17) is 0 Å². The van der Waals surface area contributed by atoms with Crippen molar-refractivity contribution in [2.24, 2.45) is 5.92 Å². The monoisotopic (exact) mass is 641 g/mol. The molecule has 30 heavy (non-hydrogen) atoms. The number of rotatable bonds is 5. The number of amides is 1. The molecule has 0 saturated carbocycles. The van der Waals surface area contributed by atoms with Crippen LogP contribution in [0.3, 0.4) is 0 Å². The Bertz CT molecular complexity index is 974. The van der Waals surface area contributed by atoms with Crippen molar-refractivity contribution in [3.05, 3.63) is 66.1 Å². The maximum absolute atomic E-state index is 13.3. The predicted molar refractivity (Wildman–Crippen MR) is 102 cm³/mol. The van der Waals surface area contributed by atoms with Crippen molar-refractivity contribution in [2.75, 3.05) is 11.4 Å². The summed E-state index contributed by atoms with van der Waals surface area (Å²) in [5.74, 6) is -3.11. The summed E-state index contributed by atoms with van der Waals surface area (Å²) in [5, 5.41) is 9.79. The summed E-state index contributed by atoms with van der Waals surface area (Å²) in [5.41, 5.74) is -1.37. The normalized spacial score (nSPS) is 18.4. The number of Topliss-reactive ketones (excluding diaryl/α,β-unsaturated/α-hetero) is 1. The minimum atomic E-state index is -5.16. The molecule has 2 aromatic rings. The third kappa shape index (κ3) is 4.17. The van der Waals surface area contributed by atoms with Crippen LogP contribution in [0.4, 0.5) is 18.9 Å². The van der Waals surface area contributed by atoms with Crippen molar-refractivity contribution in [3.63, 3.8) is 0 Å². The number of hydrogen-bond acceptors (Lipinski definition) is 3. The molecule has 1 atom stereocenters. The molecule has 1 N–H and O–H groups in total. The maximum Gasteiger partial charge on any atom is 2.00 e. The van der Waals surface area contributed by atoms with Crippen LogP contribution in [0, 0.1) is 50.0 Å². The maximum atomic E-state index is 13.3. The van der Waals surface area contributed by atoms with Crippen LogP contribution in [-0.2, 0) is 10.2 Å². The molecule has 1 aliphatic rings. The number of anilines is 1. The summed E-state index contributed by atoms with van der Waals surface area (Å²) < 4.78 is 38.7. The van der Waals surface area contributed by atoms with Crippen molar-refractivity contribution in [3.8, 4) is 5.75 Å². The van der Waals surface area contributed by atoms with E-state index in [1.54, 1.807) is 29.2 Å². The Morgan fingerprint density at radius 2 is 1.93 bits per heavy atom. The Hall–Kier alpha value is -1.78. The van der Waals surface area contributed by atoms with Gasteiger partial charge in [-0.2, -0.15) is 30.9 Å². The van der Waals surface area contributed by atoms with Gasteiger partial charge in [0, 0.05) is 18.0 Å². The van der Waals surface area contributed by atoms with Gasteiger partial charge in [-0.1, -0.05) is 32.0 Å². The molecule has 8 heteroatoms. The number of ketones is 1. The SMILES string of the molecule is [CH2-][C@@]1(c2[c-]cc(O)c(C(=O)C(F)(F)F)c2)C(=O)N(CCC(C)C)c2ccccc21.[U+2]. The average molecular weight is 641 g/mol. The van der Waals surface area contributed by atoms with Gasteiger partial charge in [0.2, 0.25) is 11.7 Å². The number of para-hydroxylation sites is 1.